The summed E-state index contributed by atoms with van der Waals surface area (Å²) in [7, 11) is 1.54. The smallest absolute Gasteiger partial charge is 0.328 e. The molecule has 0 aliphatic rings. The molecule has 0 amide bonds. The number of benzene rings is 1. The van der Waals surface area contributed by atoms with Crippen molar-refractivity contribution in [1.29, 1.82) is 0 Å². The maximum absolute atomic E-state index is 11.4. The summed E-state index contributed by atoms with van der Waals surface area (Å²) in [6.07, 6.45) is 0. The fraction of sp³-hybridized carbons (Fsp3) is 0.364. The quantitative estimate of drug-likeness (QED) is 0.618. The van der Waals surface area contributed by atoms with Crippen molar-refractivity contribution in [2.75, 3.05) is 13.7 Å². The normalized spacial score (nSPS) is 12.0. The van der Waals surface area contributed by atoms with Crippen molar-refractivity contribution in [2.24, 2.45) is 0 Å². The molecular weight excluding hydrogens is 251 g/mol. The lowest BCUT2D eigenvalue weighted by Gasteiger charge is -2.11. The van der Waals surface area contributed by atoms with Crippen LogP contribution in [0.2, 0.25) is 5.02 Å². The molecule has 0 aromatic heterocycles. The Hall–Kier alpha value is -0.930. The number of rotatable bonds is 4. The molecule has 0 aliphatic carbocycles. The zero-order valence-corrected chi connectivity index (χ0v) is 10.5. The van der Waals surface area contributed by atoms with Crippen molar-refractivity contribution in [3.8, 4) is 5.75 Å². The van der Waals surface area contributed by atoms with Crippen molar-refractivity contribution >= 4 is 29.2 Å². The molecule has 0 spiro atoms. The van der Waals surface area contributed by atoms with Gasteiger partial charge in [0.05, 0.1) is 13.7 Å². The highest BCUT2D eigenvalue weighted by molar-refractivity contribution is 6.35. The first kappa shape index (κ1) is 13.1. The average Bonchev–Trinajstić information content (AvgIpc) is 2.28. The average molecular weight is 263 g/mol. The highest BCUT2D eigenvalue weighted by Gasteiger charge is 2.21. The largest absolute Gasteiger partial charge is 0.497 e. The van der Waals surface area contributed by atoms with Crippen molar-refractivity contribution in [1.82, 2.24) is 0 Å². The fourth-order valence-electron chi connectivity index (χ4n) is 1.18. The van der Waals surface area contributed by atoms with Crippen LogP contribution in [0.25, 0.3) is 0 Å². The first-order valence-corrected chi connectivity index (χ1v) is 5.55. The van der Waals surface area contributed by atoms with Gasteiger partial charge in [-0.25, -0.2) is 0 Å². The lowest BCUT2D eigenvalue weighted by atomic mass is 10.1. The van der Waals surface area contributed by atoms with E-state index in [1.807, 2.05) is 0 Å². The lowest BCUT2D eigenvalue weighted by molar-refractivity contribution is -0.142. The third-order valence-corrected chi connectivity index (χ3v) is 2.71. The van der Waals surface area contributed by atoms with Gasteiger partial charge < -0.3 is 9.47 Å². The molecule has 1 aromatic rings. The van der Waals surface area contributed by atoms with Crippen LogP contribution in [-0.2, 0) is 9.53 Å². The van der Waals surface area contributed by atoms with Gasteiger partial charge in [0, 0.05) is 5.02 Å². The summed E-state index contributed by atoms with van der Waals surface area (Å²) in [5.74, 6) is 0.109. The van der Waals surface area contributed by atoms with E-state index in [4.69, 9.17) is 32.7 Å². The van der Waals surface area contributed by atoms with E-state index in [0.717, 1.165) is 0 Å². The maximum atomic E-state index is 11.4. The molecule has 1 unspecified atom stereocenters. The van der Waals surface area contributed by atoms with Crippen LogP contribution in [0.1, 0.15) is 17.9 Å². The number of hydrogen-bond donors (Lipinski definition) is 0. The van der Waals surface area contributed by atoms with Gasteiger partial charge in [-0.1, -0.05) is 17.7 Å². The summed E-state index contributed by atoms with van der Waals surface area (Å²) in [5, 5.41) is -0.509. The van der Waals surface area contributed by atoms with E-state index < -0.39 is 11.3 Å². The number of halogens is 2. The zero-order chi connectivity index (χ0) is 12.1. The molecule has 0 bridgehead atoms. The predicted octanol–water partition coefficient (Wildman–Crippen LogP) is 3.19. The summed E-state index contributed by atoms with van der Waals surface area (Å²) in [6, 6.07) is 4.94. The molecule has 1 rings (SSSR count). The topological polar surface area (TPSA) is 35.5 Å². The summed E-state index contributed by atoms with van der Waals surface area (Å²) in [5.41, 5.74) is 0.516. The third-order valence-electron chi connectivity index (χ3n) is 1.97. The molecule has 0 heterocycles. The molecule has 0 fully saturated rings. The van der Waals surface area contributed by atoms with E-state index >= 15 is 0 Å². The van der Waals surface area contributed by atoms with Crippen LogP contribution in [0.3, 0.4) is 0 Å². The van der Waals surface area contributed by atoms with Crippen LogP contribution < -0.4 is 4.74 Å². The molecule has 0 saturated heterocycles. The number of methoxy groups -OCH3 is 1. The van der Waals surface area contributed by atoms with E-state index in [9.17, 15) is 4.79 Å². The Kier molecular flexibility index (Phi) is 4.90. The van der Waals surface area contributed by atoms with E-state index in [0.29, 0.717) is 16.3 Å². The molecule has 16 heavy (non-hydrogen) atoms. The number of carbonyl (C=O) groups is 1. The molecule has 0 saturated carbocycles. The molecule has 0 N–H and O–H groups in total. The summed E-state index contributed by atoms with van der Waals surface area (Å²) >= 11 is 11.9. The molecule has 5 heteroatoms. The number of esters is 1. The number of hydrogen-bond acceptors (Lipinski definition) is 3. The Bertz CT molecular complexity index is 379. The molecule has 3 nitrogen and oxygen atoms in total. The predicted molar refractivity (Wildman–Crippen MR) is 63.2 cm³/mol. The molecule has 88 valence electrons. The fourth-order valence-corrected chi connectivity index (χ4v) is 1.77. The Morgan fingerprint density at radius 3 is 2.69 bits per heavy atom. The summed E-state index contributed by atoms with van der Waals surface area (Å²) in [4.78, 5) is 11.4. The molecule has 0 aliphatic heterocycles. The molecule has 1 atom stereocenters. The van der Waals surface area contributed by atoms with Crippen LogP contribution in [0.15, 0.2) is 18.2 Å². The van der Waals surface area contributed by atoms with Crippen molar-refractivity contribution in [3.05, 3.63) is 28.8 Å². The second-order valence-corrected chi connectivity index (χ2v) is 3.85. The minimum atomic E-state index is -0.890. The van der Waals surface area contributed by atoms with E-state index in [1.54, 1.807) is 25.1 Å². The van der Waals surface area contributed by atoms with Gasteiger partial charge in [-0.05, 0) is 24.6 Å². The third kappa shape index (κ3) is 3.03. The second kappa shape index (κ2) is 5.97. The van der Waals surface area contributed by atoms with Crippen LogP contribution in [0.5, 0.6) is 5.75 Å². The van der Waals surface area contributed by atoms with Gasteiger partial charge in [-0.3, -0.25) is 4.79 Å². The molecular formula is C11H12Cl2O3. The van der Waals surface area contributed by atoms with Gasteiger partial charge in [-0.2, -0.15) is 0 Å². The SMILES string of the molecule is CCOC(=O)C(Cl)c1ccc(OC)cc1Cl. The van der Waals surface area contributed by atoms with Gasteiger partial charge in [0.2, 0.25) is 0 Å². The van der Waals surface area contributed by atoms with Gasteiger partial charge in [0.1, 0.15) is 5.75 Å². The van der Waals surface area contributed by atoms with Gasteiger partial charge >= 0.3 is 5.97 Å². The van der Waals surface area contributed by atoms with Gasteiger partial charge in [-0.15, -0.1) is 11.6 Å². The van der Waals surface area contributed by atoms with Crippen molar-refractivity contribution in [3.63, 3.8) is 0 Å². The Morgan fingerprint density at radius 1 is 1.50 bits per heavy atom. The highest BCUT2D eigenvalue weighted by atomic mass is 35.5. The number of carbonyl (C=O) groups excluding carboxylic acids is 1. The van der Waals surface area contributed by atoms with E-state index in [2.05, 4.69) is 0 Å². The monoisotopic (exact) mass is 262 g/mol. The molecule has 1 aromatic carbocycles. The van der Waals surface area contributed by atoms with Gasteiger partial charge in [0.15, 0.2) is 5.38 Å². The van der Waals surface area contributed by atoms with Crippen LogP contribution in [0.4, 0.5) is 0 Å². The van der Waals surface area contributed by atoms with Gasteiger partial charge in [0.25, 0.3) is 0 Å². The number of ether oxygens (including phenoxy) is 2. The standard InChI is InChI=1S/C11H12Cl2O3/c1-3-16-11(14)10(13)8-5-4-7(15-2)6-9(8)12/h4-6,10H,3H2,1-2H3. The number of alkyl halides is 1. The van der Waals surface area contributed by atoms with Crippen molar-refractivity contribution < 1.29 is 14.3 Å². The van der Waals surface area contributed by atoms with Crippen LogP contribution in [-0.4, -0.2) is 19.7 Å². The second-order valence-electron chi connectivity index (χ2n) is 3.00. The first-order chi connectivity index (χ1) is 7.60. The Balaban J connectivity index is 2.91. The highest BCUT2D eigenvalue weighted by Crippen LogP contribution is 2.31. The summed E-state index contributed by atoms with van der Waals surface area (Å²) < 4.78 is 9.80. The lowest BCUT2D eigenvalue weighted by Crippen LogP contribution is -2.11. The zero-order valence-electron chi connectivity index (χ0n) is 9.00. The van der Waals surface area contributed by atoms with E-state index in [1.165, 1.54) is 7.11 Å². The first-order valence-electron chi connectivity index (χ1n) is 4.74. The summed E-state index contributed by atoms with van der Waals surface area (Å²) in [6.45, 7) is 2.01. The van der Waals surface area contributed by atoms with Crippen molar-refractivity contribution in [2.45, 2.75) is 12.3 Å². The molecule has 0 radical (unpaired) electrons. The maximum Gasteiger partial charge on any atom is 0.328 e. The Morgan fingerprint density at radius 2 is 2.19 bits per heavy atom. The Labute approximate surface area is 104 Å². The van der Waals surface area contributed by atoms with Crippen LogP contribution >= 0.6 is 23.2 Å². The van der Waals surface area contributed by atoms with E-state index in [-0.39, 0.29) is 6.61 Å². The van der Waals surface area contributed by atoms with Crippen LogP contribution in [0, 0.1) is 0 Å². The minimum absolute atomic E-state index is 0.288. The minimum Gasteiger partial charge on any atom is -0.497 e.